The number of aromatic nitrogens is 2. The first-order valence-corrected chi connectivity index (χ1v) is 7.80. The third-order valence-electron chi connectivity index (χ3n) is 3.71. The zero-order chi connectivity index (χ0) is 14.9. The molecule has 1 unspecified atom stereocenters. The lowest BCUT2D eigenvalue weighted by molar-refractivity contribution is 0.646. The number of nitrogens with two attached hydrogens (primary N) is 1. The topological polar surface area (TPSA) is 43.8 Å². The molecule has 1 heterocycles. The highest BCUT2D eigenvalue weighted by molar-refractivity contribution is 9.10. The Kier molecular flexibility index (Phi) is 4.66. The summed E-state index contributed by atoms with van der Waals surface area (Å²) in [7, 11) is 0. The van der Waals surface area contributed by atoms with Crippen molar-refractivity contribution in [2.24, 2.45) is 5.73 Å². The first-order valence-electron chi connectivity index (χ1n) is 7.01. The molecule has 0 spiro atoms. The van der Waals surface area contributed by atoms with Gasteiger partial charge < -0.3 is 5.73 Å². The summed E-state index contributed by atoms with van der Waals surface area (Å²) in [5, 5.41) is 4.59. The Balaban J connectivity index is 2.36. The largest absolute Gasteiger partial charge is 0.327 e. The van der Waals surface area contributed by atoms with Crippen molar-refractivity contribution in [2.75, 3.05) is 0 Å². The maximum absolute atomic E-state index is 6.03. The van der Waals surface area contributed by atoms with Gasteiger partial charge in [0, 0.05) is 6.04 Å². The molecular weight excluding hydrogens is 314 g/mol. The summed E-state index contributed by atoms with van der Waals surface area (Å²) in [4.78, 5) is 0. The fraction of sp³-hybridized carbons (Fsp3) is 0.438. The van der Waals surface area contributed by atoms with Gasteiger partial charge in [-0.05, 0) is 66.7 Å². The Morgan fingerprint density at radius 2 is 2.00 bits per heavy atom. The van der Waals surface area contributed by atoms with Crippen LogP contribution in [-0.2, 0) is 6.42 Å². The van der Waals surface area contributed by atoms with Crippen LogP contribution in [0.2, 0.25) is 0 Å². The third kappa shape index (κ3) is 2.96. The molecule has 0 aliphatic rings. The molecule has 0 aliphatic heterocycles. The van der Waals surface area contributed by atoms with E-state index in [4.69, 9.17) is 5.73 Å². The number of aryl methyl sites for hydroxylation is 2. The minimum Gasteiger partial charge on any atom is -0.327 e. The Hall–Kier alpha value is -1.13. The van der Waals surface area contributed by atoms with E-state index < -0.39 is 0 Å². The summed E-state index contributed by atoms with van der Waals surface area (Å²) >= 11 is 3.58. The van der Waals surface area contributed by atoms with Crippen LogP contribution in [0.15, 0.2) is 22.7 Å². The summed E-state index contributed by atoms with van der Waals surface area (Å²) in [6, 6.07) is 6.75. The van der Waals surface area contributed by atoms with Gasteiger partial charge in [-0.15, -0.1) is 0 Å². The molecule has 0 amide bonds. The number of hydrogen-bond donors (Lipinski definition) is 1. The number of rotatable bonds is 4. The average molecular weight is 336 g/mol. The Bertz CT molecular complexity index is 616. The number of benzene rings is 1. The van der Waals surface area contributed by atoms with Crippen molar-refractivity contribution in [2.45, 2.75) is 46.6 Å². The van der Waals surface area contributed by atoms with Gasteiger partial charge in [-0.3, -0.25) is 0 Å². The van der Waals surface area contributed by atoms with Gasteiger partial charge in [0.25, 0.3) is 0 Å². The summed E-state index contributed by atoms with van der Waals surface area (Å²) in [5.74, 6) is 0. The van der Waals surface area contributed by atoms with Crippen LogP contribution < -0.4 is 5.73 Å². The van der Waals surface area contributed by atoms with Crippen molar-refractivity contribution < 1.29 is 0 Å². The smallest absolute Gasteiger partial charge is 0.0743 e. The van der Waals surface area contributed by atoms with Crippen molar-refractivity contribution in [1.82, 2.24) is 9.78 Å². The van der Waals surface area contributed by atoms with Gasteiger partial charge in [0.1, 0.15) is 0 Å². The normalized spacial score (nSPS) is 12.7. The standard InChI is InChI=1S/C16H22BrN3/c1-5-14(18)9-13-6-7-15(10(2)8-13)20-12(4)16(17)11(3)19-20/h6-8,14H,5,9,18H2,1-4H3. The van der Waals surface area contributed by atoms with Crippen LogP contribution in [0.1, 0.15) is 35.9 Å². The van der Waals surface area contributed by atoms with Crippen LogP contribution in [0, 0.1) is 20.8 Å². The fourth-order valence-electron chi connectivity index (χ4n) is 2.39. The highest BCUT2D eigenvalue weighted by Gasteiger charge is 2.12. The summed E-state index contributed by atoms with van der Waals surface area (Å²) in [5.41, 5.74) is 11.8. The molecule has 1 aromatic heterocycles. The summed E-state index contributed by atoms with van der Waals surface area (Å²) in [6.07, 6.45) is 1.93. The van der Waals surface area contributed by atoms with Crippen LogP contribution in [0.4, 0.5) is 0 Å². The minimum absolute atomic E-state index is 0.239. The molecular formula is C16H22BrN3. The van der Waals surface area contributed by atoms with E-state index in [1.807, 2.05) is 11.6 Å². The van der Waals surface area contributed by atoms with Crippen molar-refractivity contribution in [3.8, 4) is 5.69 Å². The molecule has 20 heavy (non-hydrogen) atoms. The van der Waals surface area contributed by atoms with Crippen molar-refractivity contribution >= 4 is 15.9 Å². The van der Waals surface area contributed by atoms with Crippen LogP contribution >= 0.6 is 15.9 Å². The molecule has 4 heteroatoms. The maximum atomic E-state index is 6.03. The van der Waals surface area contributed by atoms with Gasteiger partial charge in [-0.2, -0.15) is 5.10 Å². The van der Waals surface area contributed by atoms with E-state index in [-0.39, 0.29) is 6.04 Å². The van der Waals surface area contributed by atoms with Crippen molar-refractivity contribution in [3.05, 3.63) is 45.2 Å². The van der Waals surface area contributed by atoms with Crippen LogP contribution in [0.3, 0.4) is 0 Å². The lowest BCUT2D eigenvalue weighted by Crippen LogP contribution is -2.21. The number of halogens is 1. The highest BCUT2D eigenvalue weighted by Crippen LogP contribution is 2.25. The molecule has 0 fully saturated rings. The predicted molar refractivity (Wildman–Crippen MR) is 87.4 cm³/mol. The van der Waals surface area contributed by atoms with Crippen molar-refractivity contribution in [3.63, 3.8) is 0 Å². The predicted octanol–water partition coefficient (Wildman–Crippen LogP) is 3.84. The molecule has 0 bridgehead atoms. The molecule has 0 saturated heterocycles. The molecule has 2 aromatic rings. The molecule has 1 atom stereocenters. The molecule has 0 saturated carbocycles. The lowest BCUT2D eigenvalue weighted by Gasteiger charge is -2.13. The Labute approximate surface area is 129 Å². The van der Waals surface area contributed by atoms with E-state index in [2.05, 4.69) is 60.0 Å². The second kappa shape index (κ2) is 6.10. The molecule has 0 radical (unpaired) electrons. The molecule has 3 nitrogen and oxygen atoms in total. The first kappa shape index (κ1) is 15.3. The summed E-state index contributed by atoms with van der Waals surface area (Å²) < 4.78 is 3.08. The van der Waals surface area contributed by atoms with E-state index >= 15 is 0 Å². The molecule has 2 rings (SSSR count). The van der Waals surface area contributed by atoms with Gasteiger partial charge in [0.15, 0.2) is 0 Å². The molecule has 1 aromatic carbocycles. The SMILES string of the molecule is CCC(N)Cc1ccc(-n2nc(C)c(Br)c2C)c(C)c1. The van der Waals surface area contributed by atoms with E-state index in [1.54, 1.807) is 0 Å². The van der Waals surface area contributed by atoms with Crippen molar-refractivity contribution in [1.29, 1.82) is 0 Å². The van der Waals surface area contributed by atoms with Gasteiger partial charge in [0.05, 0.1) is 21.5 Å². The molecule has 0 aliphatic carbocycles. The third-order valence-corrected chi connectivity index (χ3v) is 4.86. The quantitative estimate of drug-likeness (QED) is 0.922. The zero-order valence-corrected chi connectivity index (χ0v) is 14.2. The molecule has 108 valence electrons. The van der Waals surface area contributed by atoms with E-state index in [1.165, 1.54) is 11.1 Å². The average Bonchev–Trinajstić information content (AvgIpc) is 2.66. The van der Waals surface area contributed by atoms with Gasteiger partial charge >= 0.3 is 0 Å². The van der Waals surface area contributed by atoms with Crippen LogP contribution in [0.25, 0.3) is 5.69 Å². The highest BCUT2D eigenvalue weighted by atomic mass is 79.9. The Morgan fingerprint density at radius 1 is 1.30 bits per heavy atom. The zero-order valence-electron chi connectivity index (χ0n) is 12.6. The van der Waals surface area contributed by atoms with E-state index in [0.717, 1.165) is 34.4 Å². The van der Waals surface area contributed by atoms with Gasteiger partial charge in [0.2, 0.25) is 0 Å². The minimum atomic E-state index is 0.239. The number of hydrogen-bond acceptors (Lipinski definition) is 2. The van der Waals surface area contributed by atoms with Crippen LogP contribution in [0.5, 0.6) is 0 Å². The second-order valence-electron chi connectivity index (χ2n) is 5.39. The maximum Gasteiger partial charge on any atom is 0.0743 e. The summed E-state index contributed by atoms with van der Waals surface area (Å²) in [6.45, 7) is 8.34. The molecule has 2 N–H and O–H groups in total. The monoisotopic (exact) mass is 335 g/mol. The van der Waals surface area contributed by atoms with E-state index in [9.17, 15) is 0 Å². The van der Waals surface area contributed by atoms with Gasteiger partial charge in [-0.1, -0.05) is 19.1 Å². The Morgan fingerprint density at radius 3 is 2.50 bits per heavy atom. The number of nitrogens with zero attached hydrogens (tertiary/aromatic N) is 2. The van der Waals surface area contributed by atoms with Gasteiger partial charge in [-0.25, -0.2) is 4.68 Å². The lowest BCUT2D eigenvalue weighted by atomic mass is 10.0. The fourth-order valence-corrected chi connectivity index (χ4v) is 2.63. The first-order chi connectivity index (χ1) is 9.43. The second-order valence-corrected chi connectivity index (χ2v) is 6.18. The van der Waals surface area contributed by atoms with E-state index in [0.29, 0.717) is 0 Å². The van der Waals surface area contributed by atoms with Crippen LogP contribution in [-0.4, -0.2) is 15.8 Å².